The van der Waals surface area contributed by atoms with E-state index in [1.165, 1.54) is 82.8 Å². The van der Waals surface area contributed by atoms with Crippen molar-refractivity contribution < 1.29 is 128 Å². The number of imidazole rings is 4. The van der Waals surface area contributed by atoms with Gasteiger partial charge in [-0.1, -0.05) is 51.1 Å². The summed E-state index contributed by atoms with van der Waals surface area (Å²) in [5.74, 6) is -5.20. The van der Waals surface area contributed by atoms with Crippen molar-refractivity contribution in [3.8, 4) is 45.0 Å². The maximum Gasteiger partial charge on any atom is 0.420 e. The van der Waals surface area contributed by atoms with Crippen molar-refractivity contribution in [1.82, 2.24) is 97.6 Å². The van der Waals surface area contributed by atoms with Crippen molar-refractivity contribution in [3.63, 3.8) is 0 Å². The smallest absolute Gasteiger partial charge is 0.420 e. The second-order valence-corrected chi connectivity index (χ2v) is 35.7. The molecule has 1 N–H and O–H groups in total. The van der Waals surface area contributed by atoms with Crippen LogP contribution in [0.25, 0.3) is 67.6 Å². The summed E-state index contributed by atoms with van der Waals surface area (Å²) in [5, 5.41) is 26.9. The molecule has 7 amide bonds. The Bertz CT molecular complexity index is 6860. The van der Waals surface area contributed by atoms with Crippen LogP contribution in [0.3, 0.4) is 0 Å². The van der Waals surface area contributed by atoms with E-state index in [1.807, 2.05) is 56.0 Å². The van der Waals surface area contributed by atoms with Gasteiger partial charge in [0.05, 0.1) is 60.7 Å². The Kier molecular flexibility index (Phi) is 31.1. The molecule has 144 heavy (non-hydrogen) atoms. The van der Waals surface area contributed by atoms with Gasteiger partial charge in [-0.25, -0.2) is 65.1 Å². The van der Waals surface area contributed by atoms with E-state index in [4.69, 9.17) is 14.2 Å². The van der Waals surface area contributed by atoms with E-state index in [-0.39, 0.29) is 191 Å². The first-order valence-corrected chi connectivity index (χ1v) is 44.8. The van der Waals surface area contributed by atoms with Crippen LogP contribution in [-0.2, 0) is 55.1 Å². The number of ether oxygens (including phenoxy) is 3. The quantitative estimate of drug-likeness (QED) is 0.0566. The zero-order chi connectivity index (χ0) is 104. The molecular formula is C96H92F16N20O12. The lowest BCUT2D eigenvalue weighted by molar-refractivity contribution is -0.156. The lowest BCUT2D eigenvalue weighted by Gasteiger charge is -2.36. The number of fused-ring (bicyclic) bond motifs is 4. The number of alkyl halides is 12. The Morgan fingerprint density at radius 3 is 0.882 bits per heavy atom. The summed E-state index contributed by atoms with van der Waals surface area (Å²) < 4.78 is 238. The molecule has 17 rings (SSSR count). The van der Waals surface area contributed by atoms with E-state index < -0.39 is 146 Å². The topological polar surface area (TPSA) is 331 Å². The lowest BCUT2D eigenvalue weighted by atomic mass is 9.89. The molecule has 760 valence electrons. The van der Waals surface area contributed by atoms with Gasteiger partial charge in [0, 0.05) is 127 Å². The normalized spacial score (nSPS) is 15.0. The number of esters is 1. The molecule has 0 saturated carbocycles. The van der Waals surface area contributed by atoms with Crippen molar-refractivity contribution >= 4 is 70.3 Å². The molecule has 0 unspecified atom stereocenters. The number of carbonyl (C=O) groups excluding carboxylic acids is 8. The average molecular weight is 2020 g/mol. The van der Waals surface area contributed by atoms with Crippen LogP contribution in [0.4, 0.5) is 79.8 Å². The van der Waals surface area contributed by atoms with Crippen LogP contribution in [0, 0.1) is 28.7 Å². The van der Waals surface area contributed by atoms with Gasteiger partial charge in [0.1, 0.15) is 86.6 Å². The van der Waals surface area contributed by atoms with Gasteiger partial charge >= 0.3 is 42.9 Å². The summed E-state index contributed by atoms with van der Waals surface area (Å²) in [5.41, 5.74) is -6.23. The number of nitrogens with zero attached hydrogens (tertiary/aromatic N) is 20. The van der Waals surface area contributed by atoms with Crippen LogP contribution in [0.5, 0.6) is 0 Å². The Hall–Kier alpha value is -15.3. The molecule has 0 spiro atoms. The minimum absolute atomic E-state index is 0.0398. The van der Waals surface area contributed by atoms with E-state index in [2.05, 4.69) is 40.3 Å². The third-order valence-electron chi connectivity index (χ3n) is 22.9. The summed E-state index contributed by atoms with van der Waals surface area (Å²) in [7, 11) is 0. The largest absolute Gasteiger partial charge is 0.459 e. The van der Waals surface area contributed by atoms with Gasteiger partial charge < -0.3 is 53.6 Å². The number of aliphatic hydroxyl groups excluding tert-OH is 1. The molecule has 8 aromatic heterocycles. The van der Waals surface area contributed by atoms with Gasteiger partial charge in [-0.15, -0.1) is 0 Å². The van der Waals surface area contributed by atoms with E-state index in [9.17, 15) is 114 Å². The number of hydrogen-bond acceptors (Lipinski definition) is 21. The number of carbonyl (C=O) groups is 8. The molecule has 48 heteroatoms. The minimum Gasteiger partial charge on any atom is -0.459 e. The zero-order valence-corrected chi connectivity index (χ0v) is 77.9. The van der Waals surface area contributed by atoms with Crippen molar-refractivity contribution in [3.05, 3.63) is 250 Å². The van der Waals surface area contributed by atoms with Crippen molar-refractivity contribution in [1.29, 1.82) is 0 Å². The highest BCUT2D eigenvalue weighted by atomic mass is 19.4. The number of aliphatic hydroxyl groups is 1. The highest BCUT2D eigenvalue weighted by Gasteiger charge is 2.43. The van der Waals surface area contributed by atoms with Crippen LogP contribution < -0.4 is 0 Å². The molecule has 5 aromatic carbocycles. The predicted octanol–water partition coefficient (Wildman–Crippen LogP) is 15.4. The molecule has 4 fully saturated rings. The molecule has 12 heterocycles. The second-order valence-electron chi connectivity index (χ2n) is 35.7. The number of benzene rings is 5. The number of hydrogen-bond donors (Lipinski definition) is 1. The first kappa shape index (κ1) is 105. The van der Waals surface area contributed by atoms with E-state index >= 15 is 0 Å². The number of amides is 7. The summed E-state index contributed by atoms with van der Waals surface area (Å²) in [4.78, 5) is 129. The molecule has 0 radical (unpaired) electrons. The van der Waals surface area contributed by atoms with E-state index in [1.54, 1.807) is 27.7 Å². The SMILES string of the molecule is CC(C)(C)C[C@@H](O)C(=O)N1CCN(C(=O)c2cn3nc(-c4ccc(F)cc4)cc(C(F)(F)F)c3n2)CC1.CC(C)(C)OC(=O)CN1CCN(C(=O)c2cn3nc(-c4ccc(F)cc4)cc(C(F)(F)F)c3n2)CC1.CCOC(=O)N1CCN(C(=O)c2cn3nc(-c4ccc(F)cc4)cc(C(F)(F)F)c3n2)CC1.O=C(OCc1ccccc1)N1CCN(C(=O)c2cn3nc(-c4ccc(F)cc4)cc(C(F)(F)F)c3n2)CC1. The molecule has 32 nitrogen and oxygen atoms in total. The maximum absolute atomic E-state index is 13.8. The zero-order valence-electron chi connectivity index (χ0n) is 77.9. The minimum atomic E-state index is -4.77. The number of halogens is 16. The van der Waals surface area contributed by atoms with Gasteiger partial charge in [0.2, 0.25) is 0 Å². The first-order valence-electron chi connectivity index (χ1n) is 44.8. The summed E-state index contributed by atoms with van der Waals surface area (Å²) >= 11 is 0. The third kappa shape index (κ3) is 25.8. The standard InChI is InChI=1S/C26H21F4N5O3.C25H27F4N5O3.C24H25F4N5O3.C21H19F4N5O3/c27-19-8-6-18(7-9-19)21-14-20(26(28,29)30)23-31-22(15-35(23)32-21)24(36)33-10-12-34(13-11-33)25(37)38-16-17-4-2-1-3-5-17;1-24(2,3)13-20(35)23(37)33-10-8-32(9-11-33)22(36)19-14-34-21(30-19)17(25(27,28)29)12-18(31-34)15-4-6-16(26)7-5-15;1-23(2,3)36-20(34)14-31-8-10-32(11-9-31)22(35)19-13-33-21(29-19)17(24(26,27)28)12-18(30-33)15-4-6-16(25)7-5-15;1-2-33-20(32)29-9-7-28(8-10-29)19(31)17-12-30-18(26-17)15(21(23,24)25)11-16(27-30)13-3-5-14(22)6-4-13/h1-9,14-15H,10-13,16H2;4-7,12,14,20,35H,8-11,13H2,1-3H3;4-7,12-13H,8-11,14H2,1-3H3;3-6,11-12H,2,7-10H2,1H3/t;20-;;/m.1../s1. The predicted molar refractivity (Wildman–Crippen MR) is 483 cm³/mol. The molecule has 0 aliphatic carbocycles. The van der Waals surface area contributed by atoms with E-state index in [0.29, 0.717) is 19.5 Å². The van der Waals surface area contributed by atoms with Crippen LogP contribution in [-0.4, -0.2) is 280 Å². The van der Waals surface area contributed by atoms with Gasteiger partial charge in [0.25, 0.3) is 29.5 Å². The molecule has 4 aliphatic rings. The maximum atomic E-state index is 13.8. The Morgan fingerprint density at radius 1 is 0.354 bits per heavy atom. The summed E-state index contributed by atoms with van der Waals surface area (Å²) in [6.07, 6.45) is -16.3. The fourth-order valence-corrected chi connectivity index (χ4v) is 15.7. The van der Waals surface area contributed by atoms with Crippen LogP contribution >= 0.6 is 0 Å². The van der Waals surface area contributed by atoms with Crippen LogP contribution in [0.15, 0.2) is 176 Å². The molecule has 0 bridgehead atoms. The monoisotopic (exact) mass is 2020 g/mol. The average Bonchev–Trinajstić information content (AvgIpc) is 1.59. The number of aromatic nitrogens is 12. The van der Waals surface area contributed by atoms with Gasteiger partial charge in [-0.05, 0) is 166 Å². The molecule has 4 saturated heterocycles. The highest BCUT2D eigenvalue weighted by molar-refractivity contribution is 5.96. The van der Waals surface area contributed by atoms with Gasteiger partial charge in [0.15, 0.2) is 22.6 Å². The van der Waals surface area contributed by atoms with Crippen molar-refractivity contribution in [2.75, 3.05) is 118 Å². The highest BCUT2D eigenvalue weighted by Crippen LogP contribution is 2.40. The Labute approximate surface area is 808 Å². The fraction of sp³-hybridized carbons (Fsp3) is 0.354. The molecular weight excluding hydrogens is 1930 g/mol. The van der Waals surface area contributed by atoms with Gasteiger partial charge in [-0.2, -0.15) is 73.1 Å². The van der Waals surface area contributed by atoms with Crippen LogP contribution in [0.1, 0.15) is 125 Å². The van der Waals surface area contributed by atoms with Crippen LogP contribution in [0.2, 0.25) is 0 Å². The third-order valence-corrected chi connectivity index (χ3v) is 22.9. The number of rotatable bonds is 15. The first-order chi connectivity index (χ1) is 67.9. The number of piperazine rings is 4. The lowest BCUT2D eigenvalue weighted by Crippen LogP contribution is -2.53. The Balaban J connectivity index is 0.000000152. The summed E-state index contributed by atoms with van der Waals surface area (Å²) in [6.45, 7) is 16.7. The second kappa shape index (κ2) is 42.9. The molecule has 4 aliphatic heterocycles. The molecule has 1 atom stereocenters. The Morgan fingerprint density at radius 2 is 0.618 bits per heavy atom. The molecule has 13 aromatic rings. The van der Waals surface area contributed by atoms with E-state index in [0.717, 1.165) is 121 Å². The van der Waals surface area contributed by atoms with Crippen molar-refractivity contribution in [2.24, 2.45) is 5.41 Å². The summed E-state index contributed by atoms with van der Waals surface area (Å²) in [6, 6.07) is 32.0. The van der Waals surface area contributed by atoms with Crippen molar-refractivity contribution in [2.45, 2.75) is 97.9 Å². The van der Waals surface area contributed by atoms with Gasteiger partial charge in [-0.3, -0.25) is 33.7 Å². The fourth-order valence-electron chi connectivity index (χ4n) is 15.7.